The monoisotopic (exact) mass is 338 g/mol. The molecule has 5 heteroatoms. The van der Waals surface area contributed by atoms with E-state index in [-0.39, 0.29) is 17.6 Å². The van der Waals surface area contributed by atoms with Crippen molar-refractivity contribution < 1.29 is 14.3 Å². The summed E-state index contributed by atoms with van der Waals surface area (Å²) in [6, 6.07) is 15.3. The Morgan fingerprint density at radius 2 is 2.08 bits per heavy atom. The molecule has 2 aliphatic heterocycles. The number of hydrogen-bond donors (Lipinski definition) is 0. The molecule has 2 atom stereocenters. The molecule has 2 fully saturated rings. The summed E-state index contributed by atoms with van der Waals surface area (Å²) in [7, 11) is 0. The maximum absolute atomic E-state index is 12.6. The van der Waals surface area contributed by atoms with Gasteiger partial charge in [0.25, 0.3) is 5.91 Å². The molecular weight excluding hydrogens is 316 g/mol. The molecule has 0 bridgehead atoms. The first-order chi connectivity index (χ1) is 12.2. The SMILES string of the molecule is O=C(c1ccccc1)N1CC[C@]2(C[C@H](OCc3ccccn3)CO2)C1. The molecule has 3 heterocycles. The van der Waals surface area contributed by atoms with E-state index in [1.54, 1.807) is 6.20 Å². The summed E-state index contributed by atoms with van der Waals surface area (Å²) in [5.41, 5.74) is 1.41. The Bertz CT molecular complexity index is 722. The minimum Gasteiger partial charge on any atom is -0.370 e. The van der Waals surface area contributed by atoms with E-state index in [9.17, 15) is 4.79 Å². The Balaban J connectivity index is 1.33. The molecule has 2 aliphatic rings. The predicted molar refractivity (Wildman–Crippen MR) is 93.1 cm³/mol. The van der Waals surface area contributed by atoms with Crippen LogP contribution in [0.5, 0.6) is 0 Å². The van der Waals surface area contributed by atoms with Gasteiger partial charge in [-0.15, -0.1) is 0 Å². The Morgan fingerprint density at radius 1 is 1.24 bits per heavy atom. The lowest BCUT2D eigenvalue weighted by atomic mass is 9.98. The van der Waals surface area contributed by atoms with Gasteiger partial charge >= 0.3 is 0 Å². The second-order valence-corrected chi connectivity index (χ2v) is 6.79. The lowest BCUT2D eigenvalue weighted by Gasteiger charge is -2.23. The molecule has 4 rings (SSSR count). The van der Waals surface area contributed by atoms with E-state index in [1.807, 2.05) is 53.4 Å². The summed E-state index contributed by atoms with van der Waals surface area (Å²) >= 11 is 0. The Hall–Kier alpha value is -2.24. The number of nitrogens with zero attached hydrogens (tertiary/aromatic N) is 2. The number of carbonyl (C=O) groups excluding carboxylic acids is 1. The van der Waals surface area contributed by atoms with Gasteiger partial charge in [0, 0.05) is 24.7 Å². The van der Waals surface area contributed by atoms with Gasteiger partial charge in [-0.2, -0.15) is 0 Å². The Morgan fingerprint density at radius 3 is 2.88 bits per heavy atom. The Labute approximate surface area is 147 Å². The van der Waals surface area contributed by atoms with Crippen molar-refractivity contribution in [2.75, 3.05) is 19.7 Å². The first-order valence-corrected chi connectivity index (χ1v) is 8.74. The van der Waals surface area contributed by atoms with Crippen LogP contribution in [0.3, 0.4) is 0 Å². The van der Waals surface area contributed by atoms with Crippen molar-refractivity contribution >= 4 is 5.91 Å². The molecule has 1 aromatic carbocycles. The second-order valence-electron chi connectivity index (χ2n) is 6.79. The van der Waals surface area contributed by atoms with Crippen molar-refractivity contribution in [2.24, 2.45) is 0 Å². The van der Waals surface area contributed by atoms with Crippen molar-refractivity contribution in [1.29, 1.82) is 0 Å². The molecule has 1 amide bonds. The molecule has 1 spiro atoms. The molecule has 25 heavy (non-hydrogen) atoms. The third-order valence-electron chi connectivity index (χ3n) is 4.99. The standard InChI is InChI=1S/C20H22N2O3/c23-19(16-6-2-1-3-7-16)22-11-9-20(15-22)12-18(14-25-20)24-13-17-8-4-5-10-21-17/h1-8,10,18H,9,11-15H2/t18-,20-/m0/s1. The van der Waals surface area contributed by atoms with Crippen LogP contribution < -0.4 is 0 Å². The first kappa shape index (κ1) is 16.2. The summed E-state index contributed by atoms with van der Waals surface area (Å²) in [4.78, 5) is 18.8. The number of pyridine rings is 1. The molecule has 0 unspecified atom stereocenters. The zero-order chi connectivity index (χ0) is 17.1. The quantitative estimate of drug-likeness (QED) is 0.860. The van der Waals surface area contributed by atoms with Gasteiger partial charge in [0.1, 0.15) is 0 Å². The summed E-state index contributed by atoms with van der Waals surface area (Å²) in [5.74, 6) is 0.0823. The van der Waals surface area contributed by atoms with E-state index in [2.05, 4.69) is 4.98 Å². The van der Waals surface area contributed by atoms with Gasteiger partial charge in [0.2, 0.25) is 0 Å². The highest BCUT2D eigenvalue weighted by Crippen LogP contribution is 2.36. The summed E-state index contributed by atoms with van der Waals surface area (Å²) in [6.45, 7) is 2.46. The molecular formula is C20H22N2O3. The van der Waals surface area contributed by atoms with Crippen LogP contribution in [0.15, 0.2) is 54.7 Å². The number of amides is 1. The number of carbonyl (C=O) groups is 1. The Kier molecular flexibility index (Phi) is 4.51. The fourth-order valence-corrected chi connectivity index (χ4v) is 3.66. The van der Waals surface area contributed by atoms with Gasteiger partial charge in [0.05, 0.1) is 37.2 Å². The summed E-state index contributed by atoms with van der Waals surface area (Å²) < 4.78 is 12.0. The number of aromatic nitrogens is 1. The van der Waals surface area contributed by atoms with Gasteiger partial charge in [-0.25, -0.2) is 0 Å². The van der Waals surface area contributed by atoms with Crippen molar-refractivity contribution in [3.05, 3.63) is 66.0 Å². The third kappa shape index (κ3) is 3.57. The van der Waals surface area contributed by atoms with E-state index in [0.717, 1.165) is 30.6 Å². The van der Waals surface area contributed by atoms with Crippen LogP contribution in [0.2, 0.25) is 0 Å². The van der Waals surface area contributed by atoms with Gasteiger partial charge < -0.3 is 14.4 Å². The second kappa shape index (κ2) is 6.94. The highest BCUT2D eigenvalue weighted by atomic mass is 16.6. The fourth-order valence-electron chi connectivity index (χ4n) is 3.66. The lowest BCUT2D eigenvalue weighted by Crippen LogP contribution is -2.36. The topological polar surface area (TPSA) is 51.7 Å². The maximum Gasteiger partial charge on any atom is 0.253 e. The van der Waals surface area contributed by atoms with Crippen molar-refractivity contribution in [2.45, 2.75) is 31.2 Å². The van der Waals surface area contributed by atoms with Gasteiger partial charge in [-0.1, -0.05) is 24.3 Å². The van der Waals surface area contributed by atoms with Gasteiger partial charge in [-0.3, -0.25) is 9.78 Å². The van der Waals surface area contributed by atoms with E-state index in [1.165, 1.54) is 0 Å². The highest BCUT2D eigenvalue weighted by Gasteiger charge is 2.47. The van der Waals surface area contributed by atoms with Crippen molar-refractivity contribution in [3.8, 4) is 0 Å². The summed E-state index contributed by atoms with van der Waals surface area (Å²) in [6.07, 6.45) is 3.54. The van der Waals surface area contributed by atoms with Gasteiger partial charge in [0.15, 0.2) is 0 Å². The van der Waals surface area contributed by atoms with Crippen LogP contribution in [0.25, 0.3) is 0 Å². The van der Waals surface area contributed by atoms with Crippen LogP contribution in [0.1, 0.15) is 28.9 Å². The fraction of sp³-hybridized carbons (Fsp3) is 0.400. The molecule has 5 nitrogen and oxygen atoms in total. The average Bonchev–Trinajstić information content (AvgIpc) is 3.28. The third-order valence-corrected chi connectivity index (χ3v) is 4.99. The minimum absolute atomic E-state index is 0.0637. The number of benzene rings is 1. The van der Waals surface area contributed by atoms with Crippen LogP contribution in [-0.4, -0.2) is 47.2 Å². The van der Waals surface area contributed by atoms with E-state index < -0.39 is 0 Å². The number of ether oxygens (including phenoxy) is 2. The zero-order valence-corrected chi connectivity index (χ0v) is 14.1. The maximum atomic E-state index is 12.6. The van der Waals surface area contributed by atoms with Crippen molar-refractivity contribution in [1.82, 2.24) is 9.88 Å². The molecule has 2 saturated heterocycles. The van der Waals surface area contributed by atoms with E-state index >= 15 is 0 Å². The lowest BCUT2D eigenvalue weighted by molar-refractivity contribution is -0.000101. The molecule has 0 aliphatic carbocycles. The normalized spacial score (nSPS) is 25.6. The highest BCUT2D eigenvalue weighted by molar-refractivity contribution is 5.94. The number of hydrogen-bond acceptors (Lipinski definition) is 4. The van der Waals surface area contributed by atoms with Crippen molar-refractivity contribution in [3.63, 3.8) is 0 Å². The minimum atomic E-state index is -0.251. The predicted octanol–water partition coefficient (Wildman–Crippen LogP) is 2.67. The molecule has 2 aromatic rings. The van der Waals surface area contributed by atoms with Crippen LogP contribution in [-0.2, 0) is 16.1 Å². The smallest absolute Gasteiger partial charge is 0.253 e. The van der Waals surface area contributed by atoms with Crippen LogP contribution >= 0.6 is 0 Å². The average molecular weight is 338 g/mol. The molecule has 1 aromatic heterocycles. The van der Waals surface area contributed by atoms with E-state index in [0.29, 0.717) is 19.8 Å². The number of likely N-dealkylation sites (tertiary alicyclic amines) is 1. The van der Waals surface area contributed by atoms with Crippen LogP contribution in [0, 0.1) is 0 Å². The first-order valence-electron chi connectivity index (χ1n) is 8.74. The molecule has 0 saturated carbocycles. The largest absolute Gasteiger partial charge is 0.370 e. The molecule has 0 radical (unpaired) electrons. The zero-order valence-electron chi connectivity index (χ0n) is 14.1. The molecule has 130 valence electrons. The summed E-state index contributed by atoms with van der Waals surface area (Å²) in [5, 5.41) is 0. The number of rotatable bonds is 4. The molecule has 0 N–H and O–H groups in total. The van der Waals surface area contributed by atoms with Crippen LogP contribution in [0.4, 0.5) is 0 Å². The van der Waals surface area contributed by atoms with E-state index in [4.69, 9.17) is 9.47 Å². The van der Waals surface area contributed by atoms with Gasteiger partial charge in [-0.05, 0) is 30.7 Å².